The molecule has 0 spiro atoms. The summed E-state index contributed by atoms with van der Waals surface area (Å²) in [5.41, 5.74) is 1.13. The predicted octanol–water partition coefficient (Wildman–Crippen LogP) is 2.12. The number of amides is 1. The van der Waals surface area contributed by atoms with Gasteiger partial charge in [-0.1, -0.05) is 26.0 Å². The number of ether oxygens (including phenoxy) is 1. The molecule has 0 radical (unpaired) electrons. The van der Waals surface area contributed by atoms with Crippen LogP contribution in [0.3, 0.4) is 0 Å². The Morgan fingerprint density at radius 3 is 2.60 bits per heavy atom. The first-order valence-corrected chi connectivity index (χ1v) is 7.30. The Bertz CT molecular complexity index is 444. The molecule has 4 heteroatoms. The molecule has 0 saturated carbocycles. The van der Waals surface area contributed by atoms with Crippen molar-refractivity contribution < 1.29 is 9.53 Å². The molecule has 3 atom stereocenters. The number of hydrogen-bond donors (Lipinski definition) is 2. The summed E-state index contributed by atoms with van der Waals surface area (Å²) in [6.45, 7) is 5.92. The van der Waals surface area contributed by atoms with Crippen molar-refractivity contribution in [3.63, 3.8) is 0 Å². The van der Waals surface area contributed by atoms with Crippen LogP contribution in [-0.2, 0) is 4.79 Å². The summed E-state index contributed by atoms with van der Waals surface area (Å²) in [6.07, 6.45) is 0.882. The minimum atomic E-state index is 0.0706. The number of methoxy groups -OCH3 is 1. The normalized spacial score (nSPS) is 23.4. The van der Waals surface area contributed by atoms with E-state index >= 15 is 0 Å². The molecule has 1 saturated heterocycles. The average molecular weight is 276 g/mol. The van der Waals surface area contributed by atoms with Gasteiger partial charge in [0.1, 0.15) is 5.75 Å². The Morgan fingerprint density at radius 1 is 1.40 bits per heavy atom. The van der Waals surface area contributed by atoms with Crippen molar-refractivity contribution in [2.75, 3.05) is 20.2 Å². The zero-order valence-corrected chi connectivity index (χ0v) is 12.5. The maximum absolute atomic E-state index is 12.3. The summed E-state index contributed by atoms with van der Waals surface area (Å²) in [5, 5.41) is 6.44. The molecule has 1 aromatic rings. The molecule has 1 heterocycles. The number of carbonyl (C=O) groups is 1. The van der Waals surface area contributed by atoms with Crippen LogP contribution in [0.25, 0.3) is 0 Å². The molecule has 0 bridgehead atoms. The summed E-state index contributed by atoms with van der Waals surface area (Å²) < 4.78 is 5.16. The van der Waals surface area contributed by atoms with E-state index in [1.165, 1.54) is 0 Å². The van der Waals surface area contributed by atoms with E-state index in [4.69, 9.17) is 4.74 Å². The molecule has 2 N–H and O–H groups in total. The van der Waals surface area contributed by atoms with Crippen molar-refractivity contribution in [1.29, 1.82) is 0 Å². The highest BCUT2D eigenvalue weighted by atomic mass is 16.5. The van der Waals surface area contributed by atoms with E-state index in [0.29, 0.717) is 5.92 Å². The zero-order chi connectivity index (χ0) is 14.5. The number of carbonyl (C=O) groups excluding carboxylic acids is 1. The zero-order valence-electron chi connectivity index (χ0n) is 12.5. The molecule has 1 amide bonds. The van der Waals surface area contributed by atoms with Gasteiger partial charge in [-0.2, -0.15) is 0 Å². The molecule has 1 unspecified atom stereocenters. The molecular weight excluding hydrogens is 252 g/mol. The lowest BCUT2D eigenvalue weighted by molar-refractivity contribution is -0.126. The smallest absolute Gasteiger partial charge is 0.225 e. The highest BCUT2D eigenvalue weighted by Gasteiger charge is 2.30. The van der Waals surface area contributed by atoms with E-state index in [0.717, 1.165) is 30.8 Å². The third kappa shape index (κ3) is 3.31. The first-order valence-electron chi connectivity index (χ1n) is 7.30. The molecule has 1 fully saturated rings. The van der Waals surface area contributed by atoms with Crippen molar-refractivity contribution in [3.8, 4) is 5.75 Å². The first-order chi connectivity index (χ1) is 9.65. The van der Waals surface area contributed by atoms with Crippen LogP contribution in [-0.4, -0.2) is 26.1 Å². The van der Waals surface area contributed by atoms with Crippen LogP contribution in [0.2, 0.25) is 0 Å². The van der Waals surface area contributed by atoms with Crippen molar-refractivity contribution in [3.05, 3.63) is 29.8 Å². The maximum Gasteiger partial charge on any atom is 0.225 e. The second kappa shape index (κ2) is 6.75. The molecule has 4 nitrogen and oxygen atoms in total. The van der Waals surface area contributed by atoms with E-state index in [-0.39, 0.29) is 17.9 Å². The Balaban J connectivity index is 2.02. The van der Waals surface area contributed by atoms with E-state index in [1.54, 1.807) is 7.11 Å². The van der Waals surface area contributed by atoms with E-state index < -0.39 is 0 Å². The minimum absolute atomic E-state index is 0.0706. The maximum atomic E-state index is 12.3. The lowest BCUT2D eigenvalue weighted by Crippen LogP contribution is -2.36. The van der Waals surface area contributed by atoms with Crippen molar-refractivity contribution in [2.24, 2.45) is 11.8 Å². The standard InChI is InChI=1S/C16H24N2O2/c1-4-15(12-5-7-13(20-3)8-6-12)18-16(19)14-10-17-9-11(14)2/h5-8,11,14-15,17H,4,9-10H2,1-3H3,(H,18,19)/t11-,14-,15?/m1/s1. The first kappa shape index (κ1) is 14.9. The van der Waals surface area contributed by atoms with Crippen LogP contribution in [0.5, 0.6) is 5.75 Å². The van der Waals surface area contributed by atoms with Crippen molar-refractivity contribution in [1.82, 2.24) is 10.6 Å². The Kier molecular flexibility index (Phi) is 5.01. The van der Waals surface area contributed by atoms with Gasteiger partial charge in [-0.15, -0.1) is 0 Å². The van der Waals surface area contributed by atoms with E-state index in [1.807, 2.05) is 24.3 Å². The monoisotopic (exact) mass is 276 g/mol. The Hall–Kier alpha value is -1.55. The van der Waals surface area contributed by atoms with E-state index in [2.05, 4.69) is 24.5 Å². The van der Waals surface area contributed by atoms with Gasteiger partial charge in [0.15, 0.2) is 0 Å². The van der Waals surface area contributed by atoms with Gasteiger partial charge < -0.3 is 15.4 Å². The third-order valence-electron chi connectivity index (χ3n) is 4.10. The fraction of sp³-hybridized carbons (Fsp3) is 0.562. The van der Waals surface area contributed by atoms with Crippen LogP contribution in [0, 0.1) is 11.8 Å². The largest absolute Gasteiger partial charge is 0.497 e. The van der Waals surface area contributed by atoms with Gasteiger partial charge in [0.25, 0.3) is 0 Å². The summed E-state index contributed by atoms with van der Waals surface area (Å²) >= 11 is 0. The van der Waals surface area contributed by atoms with Crippen molar-refractivity contribution >= 4 is 5.91 Å². The van der Waals surface area contributed by atoms with E-state index in [9.17, 15) is 4.79 Å². The van der Waals surface area contributed by atoms with Gasteiger partial charge in [0, 0.05) is 6.54 Å². The van der Waals surface area contributed by atoms with Gasteiger partial charge >= 0.3 is 0 Å². The molecule has 110 valence electrons. The fourth-order valence-electron chi connectivity index (χ4n) is 2.70. The third-order valence-corrected chi connectivity index (χ3v) is 4.10. The van der Waals surface area contributed by atoms with Crippen LogP contribution in [0.15, 0.2) is 24.3 Å². The predicted molar refractivity (Wildman–Crippen MR) is 79.7 cm³/mol. The fourth-order valence-corrected chi connectivity index (χ4v) is 2.70. The molecular formula is C16H24N2O2. The average Bonchev–Trinajstić information content (AvgIpc) is 2.91. The van der Waals surface area contributed by atoms with Gasteiger partial charge in [-0.05, 0) is 36.6 Å². The second-order valence-corrected chi connectivity index (χ2v) is 5.48. The number of rotatable bonds is 5. The topological polar surface area (TPSA) is 50.4 Å². The Morgan fingerprint density at radius 2 is 2.10 bits per heavy atom. The molecule has 2 rings (SSSR count). The van der Waals surface area contributed by atoms with Gasteiger partial charge in [0.05, 0.1) is 19.1 Å². The van der Waals surface area contributed by atoms with Crippen LogP contribution < -0.4 is 15.4 Å². The molecule has 1 aromatic carbocycles. The second-order valence-electron chi connectivity index (χ2n) is 5.48. The summed E-state index contributed by atoms with van der Waals surface area (Å²) in [5.74, 6) is 1.49. The molecule has 20 heavy (non-hydrogen) atoms. The van der Waals surface area contributed by atoms with Crippen LogP contribution in [0.4, 0.5) is 0 Å². The Labute approximate surface area is 120 Å². The quantitative estimate of drug-likeness (QED) is 0.866. The molecule has 0 aromatic heterocycles. The number of benzene rings is 1. The summed E-state index contributed by atoms with van der Waals surface area (Å²) in [4.78, 5) is 12.3. The highest BCUT2D eigenvalue weighted by molar-refractivity contribution is 5.80. The number of hydrogen-bond acceptors (Lipinski definition) is 3. The minimum Gasteiger partial charge on any atom is -0.497 e. The SMILES string of the molecule is CCC(NC(=O)[C@@H]1CNC[C@H]1C)c1ccc(OC)cc1. The van der Waals surface area contributed by atoms with Crippen molar-refractivity contribution in [2.45, 2.75) is 26.3 Å². The summed E-state index contributed by atoms with van der Waals surface area (Å²) in [6, 6.07) is 7.97. The lowest BCUT2D eigenvalue weighted by atomic mass is 9.96. The highest BCUT2D eigenvalue weighted by Crippen LogP contribution is 2.22. The van der Waals surface area contributed by atoms with Crippen LogP contribution in [0.1, 0.15) is 31.9 Å². The number of nitrogens with one attached hydrogen (secondary N) is 2. The van der Waals surface area contributed by atoms with Gasteiger partial charge in [-0.25, -0.2) is 0 Å². The lowest BCUT2D eigenvalue weighted by Gasteiger charge is -2.21. The molecule has 1 aliphatic rings. The van der Waals surface area contributed by atoms with Gasteiger partial charge in [-0.3, -0.25) is 4.79 Å². The van der Waals surface area contributed by atoms with Crippen LogP contribution >= 0.6 is 0 Å². The summed E-state index contributed by atoms with van der Waals surface area (Å²) in [7, 11) is 1.66. The molecule has 0 aliphatic carbocycles. The molecule has 1 aliphatic heterocycles. The van der Waals surface area contributed by atoms with Gasteiger partial charge in [0.2, 0.25) is 5.91 Å².